The van der Waals surface area contributed by atoms with Crippen LogP contribution in [-0.4, -0.2) is 18.5 Å². The molecule has 3 amide bonds. The van der Waals surface area contributed by atoms with Gasteiger partial charge in [-0.1, -0.05) is 25.3 Å². The number of carbonyl (C=O) groups is 2. The summed E-state index contributed by atoms with van der Waals surface area (Å²) in [5.74, 6) is 0.476. The zero-order chi connectivity index (χ0) is 15.1. The van der Waals surface area contributed by atoms with E-state index in [1.807, 2.05) is 0 Å². The highest BCUT2D eigenvalue weighted by Gasteiger charge is 2.14. The molecule has 2 rings (SSSR count). The Hall–Kier alpha value is -2.04. The zero-order valence-corrected chi connectivity index (χ0v) is 12.4. The molecule has 0 spiro atoms. The zero-order valence-electron chi connectivity index (χ0n) is 12.4. The Kier molecular flexibility index (Phi) is 5.60. The first-order chi connectivity index (χ1) is 10.1. The van der Waals surface area contributed by atoms with E-state index >= 15 is 0 Å². The Morgan fingerprint density at radius 3 is 2.43 bits per heavy atom. The largest absolute Gasteiger partial charge is 0.338 e. The molecule has 1 saturated carbocycles. The summed E-state index contributed by atoms with van der Waals surface area (Å²) < 4.78 is 0. The molecular formula is C16H23N3O2. The third kappa shape index (κ3) is 5.45. The number of amides is 3. The minimum absolute atomic E-state index is 0.131. The lowest BCUT2D eigenvalue weighted by atomic mass is 9.89. The topological polar surface area (TPSA) is 70.2 Å². The first-order valence-corrected chi connectivity index (χ1v) is 7.56. The summed E-state index contributed by atoms with van der Waals surface area (Å²) in [6.45, 7) is 2.19. The summed E-state index contributed by atoms with van der Waals surface area (Å²) in [7, 11) is 0. The molecule has 0 saturated heterocycles. The second-order valence-electron chi connectivity index (χ2n) is 5.60. The van der Waals surface area contributed by atoms with Crippen LogP contribution in [0.3, 0.4) is 0 Å². The molecular weight excluding hydrogens is 266 g/mol. The van der Waals surface area contributed by atoms with Gasteiger partial charge < -0.3 is 16.0 Å². The van der Waals surface area contributed by atoms with Crippen LogP contribution in [0.25, 0.3) is 0 Å². The lowest BCUT2D eigenvalue weighted by Crippen LogP contribution is -2.33. The minimum atomic E-state index is -0.194. The fourth-order valence-corrected chi connectivity index (χ4v) is 2.68. The Morgan fingerprint density at radius 2 is 1.76 bits per heavy atom. The Balaban J connectivity index is 1.80. The smallest absolute Gasteiger partial charge is 0.319 e. The highest BCUT2D eigenvalue weighted by atomic mass is 16.2. The molecule has 5 nitrogen and oxygen atoms in total. The van der Waals surface area contributed by atoms with E-state index in [0.717, 1.165) is 6.54 Å². The van der Waals surface area contributed by atoms with Crippen molar-refractivity contribution in [3.05, 3.63) is 24.3 Å². The van der Waals surface area contributed by atoms with E-state index in [-0.39, 0.29) is 11.9 Å². The van der Waals surface area contributed by atoms with Crippen molar-refractivity contribution in [2.45, 2.75) is 39.0 Å². The molecule has 0 unspecified atom stereocenters. The molecule has 0 aromatic heterocycles. The second kappa shape index (κ2) is 7.67. The van der Waals surface area contributed by atoms with E-state index in [1.54, 1.807) is 24.3 Å². The average molecular weight is 289 g/mol. The van der Waals surface area contributed by atoms with Crippen molar-refractivity contribution in [2.24, 2.45) is 5.92 Å². The molecule has 3 N–H and O–H groups in total. The molecule has 114 valence electrons. The number of rotatable bonds is 4. The summed E-state index contributed by atoms with van der Waals surface area (Å²) in [6.07, 6.45) is 6.27. The number of nitrogens with one attached hydrogen (secondary N) is 3. The Labute approximate surface area is 125 Å². The fraction of sp³-hybridized carbons (Fsp3) is 0.500. The summed E-state index contributed by atoms with van der Waals surface area (Å²) >= 11 is 0. The first-order valence-electron chi connectivity index (χ1n) is 7.56. The van der Waals surface area contributed by atoms with Crippen LogP contribution in [0, 0.1) is 5.92 Å². The summed E-state index contributed by atoms with van der Waals surface area (Å²) in [5.41, 5.74) is 1.34. The standard InChI is InChI=1S/C16H23N3O2/c1-12(20)18-14-8-5-9-15(10-14)19-16(21)17-11-13-6-3-2-4-7-13/h5,8-10,13H,2-4,6-7,11H2,1H3,(H,18,20)(H2,17,19,21). The number of anilines is 2. The van der Waals surface area contributed by atoms with Crippen LogP contribution in [-0.2, 0) is 4.79 Å². The monoisotopic (exact) mass is 289 g/mol. The van der Waals surface area contributed by atoms with Gasteiger partial charge in [0.15, 0.2) is 0 Å². The third-order valence-corrected chi connectivity index (χ3v) is 3.72. The molecule has 1 fully saturated rings. The third-order valence-electron chi connectivity index (χ3n) is 3.72. The molecule has 0 atom stereocenters. The summed E-state index contributed by atoms with van der Waals surface area (Å²) in [5, 5.41) is 8.41. The van der Waals surface area contributed by atoms with Gasteiger partial charge in [0.1, 0.15) is 0 Å². The maximum atomic E-state index is 11.9. The van der Waals surface area contributed by atoms with Crippen molar-refractivity contribution in [1.82, 2.24) is 5.32 Å². The van der Waals surface area contributed by atoms with E-state index in [0.29, 0.717) is 17.3 Å². The Bertz CT molecular complexity index is 496. The van der Waals surface area contributed by atoms with Crippen LogP contribution in [0.1, 0.15) is 39.0 Å². The van der Waals surface area contributed by atoms with Gasteiger partial charge in [-0.25, -0.2) is 4.79 Å². The van der Waals surface area contributed by atoms with Gasteiger partial charge in [-0.2, -0.15) is 0 Å². The van der Waals surface area contributed by atoms with Crippen LogP contribution in [0.4, 0.5) is 16.2 Å². The number of hydrogen-bond acceptors (Lipinski definition) is 2. The van der Waals surface area contributed by atoms with Gasteiger partial charge in [-0.3, -0.25) is 4.79 Å². The van der Waals surface area contributed by atoms with Crippen molar-refractivity contribution >= 4 is 23.3 Å². The lowest BCUT2D eigenvalue weighted by molar-refractivity contribution is -0.114. The van der Waals surface area contributed by atoms with E-state index in [9.17, 15) is 9.59 Å². The number of carbonyl (C=O) groups excluding carboxylic acids is 2. The molecule has 0 heterocycles. The molecule has 5 heteroatoms. The molecule has 1 aliphatic carbocycles. The molecule has 0 bridgehead atoms. The predicted molar refractivity (Wildman–Crippen MR) is 84.3 cm³/mol. The molecule has 1 aliphatic rings. The van der Waals surface area contributed by atoms with Crippen LogP contribution < -0.4 is 16.0 Å². The van der Waals surface area contributed by atoms with Crippen molar-refractivity contribution in [1.29, 1.82) is 0 Å². The van der Waals surface area contributed by atoms with Crippen LogP contribution in [0.15, 0.2) is 24.3 Å². The van der Waals surface area contributed by atoms with Gasteiger partial charge in [0.2, 0.25) is 5.91 Å². The van der Waals surface area contributed by atoms with Gasteiger partial charge in [-0.05, 0) is 37.0 Å². The molecule has 21 heavy (non-hydrogen) atoms. The number of hydrogen-bond donors (Lipinski definition) is 3. The Morgan fingerprint density at radius 1 is 1.10 bits per heavy atom. The second-order valence-corrected chi connectivity index (χ2v) is 5.60. The van der Waals surface area contributed by atoms with E-state index in [2.05, 4.69) is 16.0 Å². The van der Waals surface area contributed by atoms with Crippen molar-refractivity contribution < 1.29 is 9.59 Å². The number of benzene rings is 1. The lowest BCUT2D eigenvalue weighted by Gasteiger charge is -2.21. The van der Waals surface area contributed by atoms with Crippen molar-refractivity contribution in [3.8, 4) is 0 Å². The SMILES string of the molecule is CC(=O)Nc1cccc(NC(=O)NCC2CCCCC2)c1. The fourth-order valence-electron chi connectivity index (χ4n) is 2.68. The van der Waals surface area contributed by atoms with Gasteiger partial charge in [-0.15, -0.1) is 0 Å². The molecule has 1 aromatic carbocycles. The van der Waals surface area contributed by atoms with Crippen molar-refractivity contribution in [3.63, 3.8) is 0 Å². The van der Waals surface area contributed by atoms with E-state index in [1.165, 1.54) is 39.0 Å². The van der Waals surface area contributed by atoms with E-state index < -0.39 is 0 Å². The maximum Gasteiger partial charge on any atom is 0.319 e. The van der Waals surface area contributed by atoms with Crippen LogP contribution >= 0.6 is 0 Å². The van der Waals surface area contributed by atoms with E-state index in [4.69, 9.17) is 0 Å². The van der Waals surface area contributed by atoms with Gasteiger partial charge in [0.25, 0.3) is 0 Å². The van der Waals surface area contributed by atoms with Gasteiger partial charge in [0, 0.05) is 24.8 Å². The normalized spacial score (nSPS) is 15.3. The van der Waals surface area contributed by atoms with Gasteiger partial charge >= 0.3 is 6.03 Å². The first kappa shape index (κ1) is 15.4. The number of urea groups is 1. The molecule has 0 aliphatic heterocycles. The summed E-state index contributed by atoms with van der Waals surface area (Å²) in [6, 6.07) is 6.92. The maximum absolute atomic E-state index is 11.9. The average Bonchev–Trinajstić information content (AvgIpc) is 2.46. The quantitative estimate of drug-likeness (QED) is 0.795. The predicted octanol–water partition coefficient (Wildman–Crippen LogP) is 3.35. The van der Waals surface area contributed by atoms with Gasteiger partial charge in [0.05, 0.1) is 0 Å². The summed E-state index contributed by atoms with van der Waals surface area (Å²) in [4.78, 5) is 22.9. The molecule has 0 radical (unpaired) electrons. The highest BCUT2D eigenvalue weighted by molar-refractivity contribution is 5.92. The van der Waals surface area contributed by atoms with Crippen LogP contribution in [0.5, 0.6) is 0 Å². The van der Waals surface area contributed by atoms with Crippen molar-refractivity contribution in [2.75, 3.05) is 17.2 Å². The highest BCUT2D eigenvalue weighted by Crippen LogP contribution is 2.22. The van der Waals surface area contributed by atoms with Crippen LogP contribution in [0.2, 0.25) is 0 Å². The molecule has 1 aromatic rings. The minimum Gasteiger partial charge on any atom is -0.338 e.